The SMILES string of the molecule is COCCN1C[C@@]23CN(C(=O)c4cc(F)ncc4F)C[C@@H](C[C@@H]2S1(=O)=O)O3. The van der Waals surface area contributed by atoms with Gasteiger partial charge < -0.3 is 14.4 Å². The Balaban J connectivity index is 1.61. The number of ether oxygens (including phenoxy) is 2. The zero-order chi connectivity index (χ0) is 19.4. The monoisotopic (exact) mass is 403 g/mol. The maximum Gasteiger partial charge on any atom is 0.257 e. The summed E-state index contributed by atoms with van der Waals surface area (Å²) in [6, 6.07) is 0.750. The number of hydrogen-bond acceptors (Lipinski definition) is 6. The van der Waals surface area contributed by atoms with Crippen LogP contribution in [-0.4, -0.2) is 85.4 Å². The third-order valence-electron chi connectivity index (χ3n) is 5.40. The molecule has 8 nitrogen and oxygen atoms in total. The maximum absolute atomic E-state index is 13.9. The molecular weight excluding hydrogens is 384 g/mol. The van der Waals surface area contributed by atoms with Crippen molar-refractivity contribution in [1.82, 2.24) is 14.2 Å². The van der Waals surface area contributed by atoms with Gasteiger partial charge in [-0.05, 0) is 6.42 Å². The Morgan fingerprint density at radius 3 is 2.96 bits per heavy atom. The van der Waals surface area contributed by atoms with Gasteiger partial charge in [-0.15, -0.1) is 0 Å². The number of rotatable bonds is 4. The van der Waals surface area contributed by atoms with Crippen LogP contribution in [0.15, 0.2) is 12.3 Å². The summed E-state index contributed by atoms with van der Waals surface area (Å²) < 4.78 is 65.2. The highest BCUT2D eigenvalue weighted by molar-refractivity contribution is 7.90. The number of amides is 1. The molecular formula is C16H19F2N3O5S. The number of hydrogen-bond donors (Lipinski definition) is 0. The van der Waals surface area contributed by atoms with Gasteiger partial charge in [0.1, 0.15) is 10.9 Å². The van der Waals surface area contributed by atoms with Crippen molar-refractivity contribution in [1.29, 1.82) is 0 Å². The van der Waals surface area contributed by atoms with Crippen LogP contribution in [0.2, 0.25) is 0 Å². The van der Waals surface area contributed by atoms with Gasteiger partial charge in [0, 0.05) is 32.8 Å². The molecule has 0 radical (unpaired) electrons. The van der Waals surface area contributed by atoms with Gasteiger partial charge in [-0.2, -0.15) is 8.70 Å². The molecule has 1 aromatic heterocycles. The Kier molecular flexibility index (Phi) is 4.45. The Hall–Kier alpha value is -1.69. The highest BCUT2D eigenvalue weighted by Gasteiger charge is 2.65. The topological polar surface area (TPSA) is 89.0 Å². The Bertz CT molecular complexity index is 883. The molecule has 0 saturated carbocycles. The number of carbonyl (C=O) groups is 1. The van der Waals surface area contributed by atoms with Gasteiger partial charge in [0.15, 0.2) is 5.82 Å². The first-order valence-corrected chi connectivity index (χ1v) is 10.0. The molecule has 0 unspecified atom stereocenters. The lowest BCUT2D eigenvalue weighted by molar-refractivity contribution is -0.0981. The van der Waals surface area contributed by atoms with E-state index in [1.165, 1.54) is 16.3 Å². The molecule has 27 heavy (non-hydrogen) atoms. The molecule has 4 heterocycles. The van der Waals surface area contributed by atoms with E-state index < -0.39 is 50.2 Å². The standard InChI is InChI=1S/C16H19F2N3O5S/c1-25-3-2-21-9-16-8-20(7-10(26-16)4-13(16)27(21,23)24)15(22)11-5-14(18)19-6-12(11)17/h5-6,10,13H,2-4,7-9H2,1H3/t10-,13+,16+/m1/s1. The van der Waals surface area contributed by atoms with Crippen molar-refractivity contribution in [3.63, 3.8) is 0 Å². The number of fused-ring (bicyclic) bond motifs is 1. The van der Waals surface area contributed by atoms with Gasteiger partial charge in [-0.25, -0.2) is 17.8 Å². The molecule has 3 aliphatic rings. The smallest absolute Gasteiger partial charge is 0.257 e. The van der Waals surface area contributed by atoms with Crippen LogP contribution in [0.1, 0.15) is 16.8 Å². The van der Waals surface area contributed by atoms with E-state index >= 15 is 0 Å². The molecule has 1 aromatic rings. The highest BCUT2D eigenvalue weighted by Crippen LogP contribution is 2.46. The third-order valence-corrected chi connectivity index (χ3v) is 7.77. The molecule has 0 N–H and O–H groups in total. The molecule has 0 aliphatic carbocycles. The van der Waals surface area contributed by atoms with Crippen molar-refractivity contribution < 1.29 is 31.5 Å². The van der Waals surface area contributed by atoms with Crippen LogP contribution < -0.4 is 0 Å². The predicted octanol–water partition coefficient (Wildman–Crippen LogP) is 0.00370. The number of methoxy groups -OCH3 is 1. The van der Waals surface area contributed by atoms with Crippen LogP contribution in [-0.2, 0) is 19.5 Å². The Morgan fingerprint density at radius 2 is 2.22 bits per heavy atom. The van der Waals surface area contributed by atoms with Crippen molar-refractivity contribution >= 4 is 15.9 Å². The number of sulfonamides is 1. The van der Waals surface area contributed by atoms with E-state index in [-0.39, 0.29) is 39.2 Å². The third kappa shape index (κ3) is 2.93. The minimum absolute atomic E-state index is 0.000899. The fourth-order valence-electron chi connectivity index (χ4n) is 4.25. The van der Waals surface area contributed by atoms with E-state index in [0.29, 0.717) is 6.20 Å². The van der Waals surface area contributed by atoms with Gasteiger partial charge in [-0.1, -0.05) is 0 Å². The van der Waals surface area contributed by atoms with Crippen molar-refractivity contribution in [2.75, 3.05) is 39.9 Å². The summed E-state index contributed by atoms with van der Waals surface area (Å²) in [4.78, 5) is 17.3. The number of morpholine rings is 1. The highest BCUT2D eigenvalue weighted by atomic mass is 32.2. The summed E-state index contributed by atoms with van der Waals surface area (Å²) in [5.74, 6) is -2.58. The van der Waals surface area contributed by atoms with Gasteiger partial charge in [-0.3, -0.25) is 4.79 Å². The molecule has 4 rings (SSSR count). The predicted molar refractivity (Wildman–Crippen MR) is 88.4 cm³/mol. The Labute approximate surface area is 155 Å². The first-order valence-electron chi connectivity index (χ1n) is 8.53. The quantitative estimate of drug-likeness (QED) is 0.658. The van der Waals surface area contributed by atoms with Gasteiger partial charge in [0.25, 0.3) is 5.91 Å². The average molecular weight is 403 g/mol. The van der Waals surface area contributed by atoms with E-state index in [4.69, 9.17) is 9.47 Å². The van der Waals surface area contributed by atoms with Crippen LogP contribution in [0.3, 0.4) is 0 Å². The van der Waals surface area contributed by atoms with E-state index in [9.17, 15) is 22.0 Å². The van der Waals surface area contributed by atoms with Crippen LogP contribution in [0.25, 0.3) is 0 Å². The van der Waals surface area contributed by atoms with Crippen LogP contribution in [0.5, 0.6) is 0 Å². The van der Waals surface area contributed by atoms with Gasteiger partial charge in [0.05, 0.1) is 31.0 Å². The number of aromatic nitrogens is 1. The Morgan fingerprint density at radius 1 is 1.44 bits per heavy atom. The second kappa shape index (κ2) is 6.43. The summed E-state index contributed by atoms with van der Waals surface area (Å²) in [7, 11) is -2.10. The first-order chi connectivity index (χ1) is 12.8. The summed E-state index contributed by atoms with van der Waals surface area (Å²) in [6.07, 6.45) is 0.468. The fraction of sp³-hybridized carbons (Fsp3) is 0.625. The minimum atomic E-state index is -3.58. The summed E-state index contributed by atoms with van der Waals surface area (Å²) in [6.45, 7) is 0.683. The fourth-order valence-corrected chi connectivity index (χ4v) is 6.54. The van der Waals surface area contributed by atoms with E-state index in [1.807, 2.05) is 0 Å². The van der Waals surface area contributed by atoms with Crippen molar-refractivity contribution in [2.24, 2.45) is 0 Å². The largest absolute Gasteiger partial charge is 0.383 e. The summed E-state index contributed by atoms with van der Waals surface area (Å²) in [5.41, 5.74) is -1.48. The van der Waals surface area contributed by atoms with E-state index in [0.717, 1.165) is 6.07 Å². The van der Waals surface area contributed by atoms with Crippen LogP contribution >= 0.6 is 0 Å². The number of halogens is 2. The number of likely N-dealkylation sites (tertiary alicyclic amines) is 1. The first kappa shape index (κ1) is 18.7. The van der Waals surface area contributed by atoms with Crippen molar-refractivity contribution in [3.05, 3.63) is 29.6 Å². The minimum Gasteiger partial charge on any atom is -0.383 e. The molecule has 0 aromatic carbocycles. The molecule has 3 atom stereocenters. The number of carbonyl (C=O) groups excluding carboxylic acids is 1. The molecule has 148 valence electrons. The average Bonchev–Trinajstić information content (AvgIpc) is 3.00. The molecule has 11 heteroatoms. The molecule has 2 bridgehead atoms. The molecule has 1 amide bonds. The van der Waals surface area contributed by atoms with Crippen LogP contribution in [0, 0.1) is 11.8 Å². The van der Waals surface area contributed by atoms with E-state index in [2.05, 4.69) is 4.98 Å². The second-order valence-corrected chi connectivity index (χ2v) is 9.19. The van der Waals surface area contributed by atoms with Crippen molar-refractivity contribution in [3.8, 4) is 0 Å². The van der Waals surface area contributed by atoms with E-state index in [1.54, 1.807) is 0 Å². The van der Waals surface area contributed by atoms with Crippen LogP contribution in [0.4, 0.5) is 8.78 Å². The summed E-state index contributed by atoms with van der Waals surface area (Å²) in [5, 5.41) is -0.760. The zero-order valence-electron chi connectivity index (χ0n) is 14.6. The molecule has 3 aliphatic heterocycles. The maximum atomic E-state index is 13.9. The zero-order valence-corrected chi connectivity index (χ0v) is 15.4. The number of nitrogens with zero attached hydrogens (tertiary/aromatic N) is 3. The summed E-state index contributed by atoms with van der Waals surface area (Å²) >= 11 is 0. The lowest BCUT2D eigenvalue weighted by Gasteiger charge is -2.39. The molecule has 3 saturated heterocycles. The van der Waals surface area contributed by atoms with Crippen molar-refractivity contribution in [2.45, 2.75) is 23.4 Å². The van der Waals surface area contributed by atoms with Gasteiger partial charge in [0.2, 0.25) is 16.0 Å². The second-order valence-electron chi connectivity index (χ2n) is 7.07. The lowest BCUT2D eigenvalue weighted by atomic mass is 9.99. The molecule has 1 spiro atoms. The molecule has 3 fully saturated rings. The van der Waals surface area contributed by atoms with Gasteiger partial charge >= 0.3 is 0 Å². The number of pyridine rings is 1. The lowest BCUT2D eigenvalue weighted by Crippen LogP contribution is -2.56. The normalized spacial score (nSPS) is 31.9.